The molecular weight excluding hydrogens is 653 g/mol. The van der Waals surface area contributed by atoms with Crippen molar-refractivity contribution in [1.82, 2.24) is 0 Å². The van der Waals surface area contributed by atoms with Crippen LogP contribution < -0.4 is 10.4 Å². The second-order valence-electron chi connectivity index (χ2n) is 17.5. The molecule has 1 fully saturated rings. The van der Waals surface area contributed by atoms with Crippen molar-refractivity contribution < 1.29 is 32.7 Å². The van der Waals surface area contributed by atoms with Crippen molar-refractivity contribution in [3.63, 3.8) is 0 Å². The average molecular weight is 717 g/mol. The van der Waals surface area contributed by atoms with E-state index in [0.717, 1.165) is 0 Å². The molecule has 2 aromatic carbocycles. The Labute approximate surface area is 294 Å². The molecule has 2 aromatic rings. The number of carbonyl (C=O) groups is 1. The van der Waals surface area contributed by atoms with Crippen molar-refractivity contribution in [2.24, 2.45) is 0 Å². The third kappa shape index (κ3) is 8.98. The van der Waals surface area contributed by atoms with Gasteiger partial charge in [-0.2, -0.15) is 0 Å². The molecule has 0 amide bonds. The first kappa shape index (κ1) is 40.8. The zero-order valence-corrected chi connectivity index (χ0v) is 35.2. The predicted molar refractivity (Wildman–Crippen MR) is 204 cm³/mol. The van der Waals surface area contributed by atoms with Crippen LogP contribution in [0.25, 0.3) is 0 Å². The Morgan fingerprint density at radius 2 is 1.12 bits per heavy atom. The summed E-state index contributed by atoms with van der Waals surface area (Å²) < 4.78 is 34.3. The Kier molecular flexibility index (Phi) is 13.0. The number of esters is 1. The van der Waals surface area contributed by atoms with Crippen molar-refractivity contribution in [3.05, 3.63) is 60.7 Å². The van der Waals surface area contributed by atoms with Crippen LogP contribution in [0.4, 0.5) is 0 Å². The summed E-state index contributed by atoms with van der Waals surface area (Å²) in [4.78, 5) is 12.8. The molecule has 0 unspecified atom stereocenters. The third-order valence-electron chi connectivity index (χ3n) is 10.8. The van der Waals surface area contributed by atoms with E-state index in [1.807, 2.05) is 12.1 Å². The molecule has 5 atom stereocenters. The highest BCUT2D eigenvalue weighted by Gasteiger charge is 2.55. The predicted octanol–water partition coefficient (Wildman–Crippen LogP) is 7.43. The first-order valence-corrected chi connectivity index (χ1v) is 25.2. The molecular formula is C38H64O7Si3. The zero-order chi connectivity index (χ0) is 36.3. The zero-order valence-electron chi connectivity index (χ0n) is 32.2. The largest absolute Gasteiger partial charge is 0.457 e. The minimum Gasteiger partial charge on any atom is -0.457 e. The summed E-state index contributed by atoms with van der Waals surface area (Å²) in [5.41, 5.74) is 0. The van der Waals surface area contributed by atoms with Gasteiger partial charge in [0.25, 0.3) is 8.32 Å². The summed E-state index contributed by atoms with van der Waals surface area (Å²) >= 11 is 0. The minimum atomic E-state index is -2.82. The van der Waals surface area contributed by atoms with E-state index in [0.29, 0.717) is 13.0 Å². The van der Waals surface area contributed by atoms with Crippen LogP contribution in [0.5, 0.6) is 0 Å². The standard InChI is InChI=1S/C38H64O7Si3/c1-28(40)42-33-31(25-26-41-48(38(8,9)10,29-21-17-15-18-22-29)30-23-19-16-20-24-30)43-32(27-39)34(44-46(11,12)36(2,3)4)35(33)45-47(13,14)37(5,6)7/h15-24,31-35,39H,25-27H2,1-14H3/t31-,32+,33-,34+,35+/m0/s1. The van der Waals surface area contributed by atoms with Crippen molar-refractivity contribution in [2.75, 3.05) is 13.2 Å². The highest BCUT2D eigenvalue weighted by atomic mass is 28.4. The molecule has 0 saturated carbocycles. The van der Waals surface area contributed by atoms with Crippen molar-refractivity contribution in [2.45, 2.75) is 147 Å². The molecule has 1 aliphatic rings. The molecule has 0 spiro atoms. The number of ether oxygens (including phenoxy) is 2. The highest BCUT2D eigenvalue weighted by molar-refractivity contribution is 6.99. The van der Waals surface area contributed by atoms with E-state index in [-0.39, 0.29) is 21.7 Å². The molecule has 0 aromatic heterocycles. The number of benzene rings is 2. The Bertz CT molecular complexity index is 1270. The summed E-state index contributed by atoms with van der Waals surface area (Å²) in [5, 5.41) is 12.8. The van der Waals surface area contributed by atoms with E-state index in [9.17, 15) is 9.90 Å². The topological polar surface area (TPSA) is 83.5 Å². The first-order valence-electron chi connectivity index (χ1n) is 17.5. The van der Waals surface area contributed by atoms with Gasteiger partial charge in [-0.05, 0) is 58.1 Å². The summed E-state index contributed by atoms with van der Waals surface area (Å²) in [6, 6.07) is 21.1. The average Bonchev–Trinajstić information content (AvgIpc) is 2.96. The smallest absolute Gasteiger partial charge is 0.303 e. The van der Waals surface area contributed by atoms with Crippen LogP contribution >= 0.6 is 0 Å². The van der Waals surface area contributed by atoms with Crippen molar-refractivity contribution >= 4 is 41.3 Å². The molecule has 0 aliphatic carbocycles. The second kappa shape index (κ2) is 15.3. The van der Waals surface area contributed by atoms with Crippen molar-refractivity contribution in [3.8, 4) is 0 Å². The van der Waals surface area contributed by atoms with Gasteiger partial charge in [-0.25, -0.2) is 0 Å². The molecule has 270 valence electrons. The quantitative estimate of drug-likeness (QED) is 0.181. The molecule has 1 N–H and O–H groups in total. The van der Waals surface area contributed by atoms with Gasteiger partial charge in [0.1, 0.15) is 18.3 Å². The Morgan fingerprint density at radius 3 is 1.50 bits per heavy atom. The molecule has 1 aliphatic heterocycles. The summed E-state index contributed by atoms with van der Waals surface area (Å²) in [7, 11) is -7.59. The van der Waals surface area contributed by atoms with Crippen LogP contribution in [0, 0.1) is 0 Å². The number of rotatable bonds is 12. The molecule has 3 rings (SSSR count). The Hall–Kier alpha value is -1.64. The Balaban J connectivity index is 2.09. The molecule has 0 bridgehead atoms. The van der Waals surface area contributed by atoms with Gasteiger partial charge >= 0.3 is 5.97 Å². The summed E-state index contributed by atoms with van der Waals surface area (Å²) in [6.45, 7) is 30.3. The van der Waals surface area contributed by atoms with Crippen LogP contribution in [0.3, 0.4) is 0 Å². The van der Waals surface area contributed by atoms with Crippen LogP contribution in [-0.4, -0.2) is 79.8 Å². The number of hydrogen-bond donors (Lipinski definition) is 1. The van der Waals surface area contributed by atoms with Crippen LogP contribution in [0.1, 0.15) is 75.7 Å². The monoisotopic (exact) mass is 716 g/mol. The fourth-order valence-corrected chi connectivity index (χ4v) is 13.3. The lowest BCUT2D eigenvalue weighted by atomic mass is 9.93. The molecule has 10 heteroatoms. The maximum atomic E-state index is 12.8. The summed E-state index contributed by atoms with van der Waals surface area (Å²) in [6.07, 6.45) is -2.74. The highest BCUT2D eigenvalue weighted by Crippen LogP contribution is 2.44. The van der Waals surface area contributed by atoms with Gasteiger partial charge in [0.2, 0.25) is 0 Å². The van der Waals surface area contributed by atoms with E-state index in [2.05, 4.69) is 137 Å². The fourth-order valence-electron chi connectivity index (χ4n) is 6.10. The van der Waals surface area contributed by atoms with E-state index >= 15 is 0 Å². The van der Waals surface area contributed by atoms with Gasteiger partial charge < -0.3 is 27.9 Å². The van der Waals surface area contributed by atoms with Crippen LogP contribution in [0.2, 0.25) is 41.3 Å². The Morgan fingerprint density at radius 1 is 0.688 bits per heavy atom. The number of aliphatic hydroxyl groups excluding tert-OH is 1. The maximum Gasteiger partial charge on any atom is 0.303 e. The van der Waals surface area contributed by atoms with E-state index in [4.69, 9.17) is 22.8 Å². The van der Waals surface area contributed by atoms with E-state index < -0.39 is 61.4 Å². The molecule has 48 heavy (non-hydrogen) atoms. The van der Waals surface area contributed by atoms with Gasteiger partial charge in [-0.15, -0.1) is 0 Å². The molecule has 7 nitrogen and oxygen atoms in total. The van der Waals surface area contributed by atoms with Crippen LogP contribution in [-0.2, 0) is 27.5 Å². The van der Waals surface area contributed by atoms with Gasteiger partial charge in [-0.1, -0.05) is 123 Å². The van der Waals surface area contributed by atoms with Gasteiger partial charge in [0.05, 0.1) is 12.7 Å². The normalized spacial score (nSPS) is 23.2. The lowest BCUT2D eigenvalue weighted by molar-refractivity contribution is -0.233. The minimum absolute atomic E-state index is 0.0913. The summed E-state index contributed by atoms with van der Waals surface area (Å²) in [5.74, 6) is -0.404. The van der Waals surface area contributed by atoms with Crippen LogP contribution in [0.15, 0.2) is 60.7 Å². The molecule has 1 saturated heterocycles. The third-order valence-corrected chi connectivity index (χ3v) is 24.8. The van der Waals surface area contributed by atoms with E-state index in [1.54, 1.807) is 0 Å². The number of carbonyl (C=O) groups excluding carboxylic acids is 1. The number of hydrogen-bond acceptors (Lipinski definition) is 7. The maximum absolute atomic E-state index is 12.8. The van der Waals surface area contributed by atoms with Gasteiger partial charge in [-0.3, -0.25) is 4.79 Å². The number of aliphatic hydroxyl groups is 1. The second-order valence-corrected chi connectivity index (χ2v) is 31.3. The fraction of sp³-hybridized carbons (Fsp3) is 0.658. The SMILES string of the molecule is CC(=O)O[C@@H]1[C@@H](O[Si](C)(C)C(C)(C)C)[C@H](O[Si](C)(C)C(C)(C)C)[C@@H](CO)O[C@H]1CCO[Si](c1ccccc1)(c1ccccc1)C(C)(C)C. The first-order chi connectivity index (χ1) is 22.0. The van der Waals surface area contributed by atoms with Gasteiger partial charge in [0.15, 0.2) is 22.7 Å². The molecule has 0 radical (unpaired) electrons. The van der Waals surface area contributed by atoms with E-state index in [1.165, 1.54) is 17.3 Å². The van der Waals surface area contributed by atoms with Crippen molar-refractivity contribution in [1.29, 1.82) is 0 Å². The lowest BCUT2D eigenvalue weighted by Crippen LogP contribution is -2.67. The van der Waals surface area contributed by atoms with Gasteiger partial charge in [0, 0.05) is 13.5 Å². The molecule has 1 heterocycles. The lowest BCUT2D eigenvalue weighted by Gasteiger charge is -2.52.